The first kappa shape index (κ1) is 11.8. The molecular formula is C10H7Cl2N3O2. The molecule has 7 heteroatoms. The summed E-state index contributed by atoms with van der Waals surface area (Å²) in [5, 5.41) is 13.7. The number of rotatable bonds is 1. The minimum absolute atomic E-state index is 0.157. The summed E-state index contributed by atoms with van der Waals surface area (Å²) in [7, 11) is 0. The first-order valence-electron chi connectivity index (χ1n) is 4.53. The van der Waals surface area contributed by atoms with Crippen molar-refractivity contribution in [1.29, 1.82) is 0 Å². The summed E-state index contributed by atoms with van der Waals surface area (Å²) in [5.41, 5.74) is 5.22. The van der Waals surface area contributed by atoms with Gasteiger partial charge in [-0.1, -0.05) is 23.2 Å². The van der Waals surface area contributed by atoms with Crippen LogP contribution in [0, 0.1) is 0 Å². The Labute approximate surface area is 106 Å². The number of hydrogen-bond donors (Lipinski definition) is 2. The second-order valence-electron chi connectivity index (χ2n) is 3.26. The Bertz CT molecular complexity index is 640. The number of halogens is 2. The van der Waals surface area contributed by atoms with E-state index in [-0.39, 0.29) is 16.6 Å². The highest BCUT2D eigenvalue weighted by molar-refractivity contribution is 6.35. The lowest BCUT2D eigenvalue weighted by molar-refractivity contribution is 0.471. The Balaban J connectivity index is 2.69. The Hall–Kier alpha value is -1.72. The van der Waals surface area contributed by atoms with Gasteiger partial charge in [0.25, 0.3) is 5.56 Å². The summed E-state index contributed by atoms with van der Waals surface area (Å²) in [5.74, 6) is -0.521. The molecule has 0 atom stereocenters. The van der Waals surface area contributed by atoms with Gasteiger partial charge in [-0.25, -0.2) is 0 Å². The molecule has 0 radical (unpaired) electrons. The Morgan fingerprint density at radius 1 is 1.29 bits per heavy atom. The molecule has 0 saturated carbocycles. The van der Waals surface area contributed by atoms with Gasteiger partial charge >= 0.3 is 0 Å². The van der Waals surface area contributed by atoms with Crippen molar-refractivity contribution in [3.63, 3.8) is 0 Å². The Kier molecular flexibility index (Phi) is 2.95. The number of nitrogens with two attached hydrogens (primary N) is 1. The summed E-state index contributed by atoms with van der Waals surface area (Å²) in [4.78, 5) is 11.6. The van der Waals surface area contributed by atoms with Crippen LogP contribution in [0.3, 0.4) is 0 Å². The Morgan fingerprint density at radius 3 is 2.65 bits per heavy atom. The zero-order chi connectivity index (χ0) is 12.6. The molecule has 0 bridgehead atoms. The van der Waals surface area contributed by atoms with E-state index in [1.54, 1.807) is 6.07 Å². The van der Waals surface area contributed by atoms with Crippen LogP contribution >= 0.6 is 23.2 Å². The molecular weight excluding hydrogens is 265 g/mol. The average molecular weight is 272 g/mol. The lowest BCUT2D eigenvalue weighted by Gasteiger charge is -2.08. The van der Waals surface area contributed by atoms with Crippen LogP contribution in [0.4, 0.5) is 5.82 Å². The first-order valence-corrected chi connectivity index (χ1v) is 5.29. The predicted molar refractivity (Wildman–Crippen MR) is 65.9 cm³/mol. The topological polar surface area (TPSA) is 81.1 Å². The Morgan fingerprint density at radius 2 is 2.00 bits per heavy atom. The minimum Gasteiger partial charge on any atom is -0.504 e. The van der Waals surface area contributed by atoms with E-state index >= 15 is 0 Å². The molecule has 0 aliphatic carbocycles. The van der Waals surface area contributed by atoms with Crippen molar-refractivity contribution < 1.29 is 5.11 Å². The van der Waals surface area contributed by atoms with Gasteiger partial charge in [-0.2, -0.15) is 4.68 Å². The van der Waals surface area contributed by atoms with Gasteiger partial charge in [0.15, 0.2) is 11.6 Å². The molecule has 0 aliphatic rings. The molecule has 5 nitrogen and oxygen atoms in total. The molecule has 17 heavy (non-hydrogen) atoms. The van der Waals surface area contributed by atoms with Gasteiger partial charge in [-0.05, 0) is 18.2 Å². The summed E-state index contributed by atoms with van der Waals surface area (Å²) in [6, 6.07) is 5.55. The van der Waals surface area contributed by atoms with Crippen molar-refractivity contribution >= 4 is 29.0 Å². The quantitative estimate of drug-likeness (QED) is 0.829. The third-order valence-corrected chi connectivity index (χ3v) is 2.61. The largest absolute Gasteiger partial charge is 0.504 e. The van der Waals surface area contributed by atoms with Gasteiger partial charge in [-0.3, -0.25) is 4.79 Å². The number of nitrogens with zero attached hydrogens (tertiary/aromatic N) is 2. The molecule has 0 spiro atoms. The highest BCUT2D eigenvalue weighted by Crippen LogP contribution is 2.23. The van der Waals surface area contributed by atoms with Gasteiger partial charge in [0, 0.05) is 5.02 Å². The van der Waals surface area contributed by atoms with E-state index in [1.165, 1.54) is 12.1 Å². The molecule has 0 fully saturated rings. The fraction of sp³-hybridized carbons (Fsp3) is 0. The van der Waals surface area contributed by atoms with E-state index in [2.05, 4.69) is 5.10 Å². The van der Waals surface area contributed by atoms with E-state index in [1.807, 2.05) is 0 Å². The summed E-state index contributed by atoms with van der Waals surface area (Å²) in [6.45, 7) is 0. The zero-order valence-electron chi connectivity index (χ0n) is 8.39. The maximum atomic E-state index is 11.6. The highest BCUT2D eigenvalue weighted by atomic mass is 35.5. The minimum atomic E-state index is -0.541. The van der Waals surface area contributed by atoms with E-state index in [0.717, 1.165) is 10.7 Å². The molecule has 1 aromatic heterocycles. The van der Waals surface area contributed by atoms with Crippen molar-refractivity contribution in [2.24, 2.45) is 0 Å². The van der Waals surface area contributed by atoms with Gasteiger partial charge in [0.05, 0.1) is 16.8 Å². The lowest BCUT2D eigenvalue weighted by atomic mass is 10.3. The van der Waals surface area contributed by atoms with Crippen LogP contribution in [0.2, 0.25) is 10.0 Å². The van der Waals surface area contributed by atoms with Gasteiger partial charge in [-0.15, -0.1) is 5.10 Å². The van der Waals surface area contributed by atoms with E-state index in [0.29, 0.717) is 10.7 Å². The number of nitrogen functional groups attached to an aromatic ring is 1. The number of aromatic nitrogens is 2. The smallest absolute Gasteiger partial charge is 0.275 e. The highest BCUT2D eigenvalue weighted by Gasteiger charge is 2.09. The molecule has 3 N–H and O–H groups in total. The van der Waals surface area contributed by atoms with Crippen LogP contribution in [-0.4, -0.2) is 14.9 Å². The van der Waals surface area contributed by atoms with Crippen molar-refractivity contribution in [2.75, 3.05) is 5.73 Å². The maximum absolute atomic E-state index is 11.6. The molecule has 2 rings (SSSR count). The van der Waals surface area contributed by atoms with Crippen molar-refractivity contribution in [2.45, 2.75) is 0 Å². The normalized spacial score (nSPS) is 10.5. The van der Waals surface area contributed by atoms with Crippen molar-refractivity contribution in [3.05, 3.63) is 44.7 Å². The second-order valence-corrected chi connectivity index (χ2v) is 4.10. The van der Waals surface area contributed by atoms with Crippen LogP contribution in [0.5, 0.6) is 5.75 Å². The fourth-order valence-electron chi connectivity index (χ4n) is 1.29. The summed E-state index contributed by atoms with van der Waals surface area (Å²) < 4.78 is 0.994. The first-order chi connectivity index (χ1) is 7.99. The van der Waals surface area contributed by atoms with Crippen molar-refractivity contribution in [3.8, 4) is 11.4 Å². The summed E-state index contributed by atoms with van der Waals surface area (Å²) in [6.07, 6.45) is 0. The fourth-order valence-corrected chi connectivity index (χ4v) is 1.77. The number of aromatic hydroxyl groups is 1. The van der Waals surface area contributed by atoms with E-state index in [9.17, 15) is 9.90 Å². The second kappa shape index (κ2) is 4.27. The van der Waals surface area contributed by atoms with Crippen LogP contribution in [0.25, 0.3) is 5.69 Å². The third-order valence-electron chi connectivity index (χ3n) is 2.08. The lowest BCUT2D eigenvalue weighted by Crippen LogP contribution is -2.21. The summed E-state index contributed by atoms with van der Waals surface area (Å²) >= 11 is 11.7. The number of anilines is 1. The molecule has 0 aliphatic heterocycles. The van der Waals surface area contributed by atoms with Crippen molar-refractivity contribution in [1.82, 2.24) is 9.78 Å². The molecule has 0 amide bonds. The van der Waals surface area contributed by atoms with Crippen LogP contribution in [0.15, 0.2) is 29.1 Å². The van der Waals surface area contributed by atoms with Gasteiger partial charge in [0.1, 0.15) is 0 Å². The van der Waals surface area contributed by atoms with E-state index in [4.69, 9.17) is 28.9 Å². The molecule has 1 aromatic carbocycles. The van der Waals surface area contributed by atoms with Gasteiger partial charge < -0.3 is 10.8 Å². The molecule has 2 aromatic rings. The predicted octanol–water partition coefficient (Wildman–Crippen LogP) is 1.83. The van der Waals surface area contributed by atoms with Crippen LogP contribution in [0.1, 0.15) is 0 Å². The van der Waals surface area contributed by atoms with Crippen LogP contribution in [-0.2, 0) is 0 Å². The van der Waals surface area contributed by atoms with E-state index < -0.39 is 5.56 Å². The third kappa shape index (κ3) is 2.20. The maximum Gasteiger partial charge on any atom is 0.275 e. The molecule has 1 heterocycles. The molecule has 0 saturated heterocycles. The monoisotopic (exact) mass is 271 g/mol. The number of hydrogen-bond acceptors (Lipinski definition) is 4. The SMILES string of the molecule is Nc1nn(-c2ccc(Cl)cc2Cl)c(=O)cc1O. The molecule has 0 unspecified atom stereocenters. The zero-order valence-corrected chi connectivity index (χ0v) is 9.90. The van der Waals surface area contributed by atoms with Gasteiger partial charge in [0.2, 0.25) is 0 Å². The number of benzene rings is 1. The standard InChI is InChI=1S/C10H7Cl2N3O2/c11-5-1-2-7(6(12)3-5)15-9(17)4-8(16)10(13)14-15/h1-4,16H,(H2,13,14). The van der Waals surface area contributed by atoms with Crippen LogP contribution < -0.4 is 11.3 Å². The average Bonchev–Trinajstić information content (AvgIpc) is 2.24. The molecule has 88 valence electrons.